The number of aliphatic imine (C=N–C) groups is 1. The van der Waals surface area contributed by atoms with Crippen LogP contribution in [0.3, 0.4) is 0 Å². The molecule has 0 N–H and O–H groups in total. The number of amidine groups is 1. The maximum atomic E-state index is 13.2. The van der Waals surface area contributed by atoms with E-state index in [0.29, 0.717) is 24.3 Å². The zero-order valence-corrected chi connectivity index (χ0v) is 20.1. The second kappa shape index (κ2) is 9.53. The molecule has 2 unspecified atom stereocenters. The highest BCUT2D eigenvalue weighted by molar-refractivity contribution is 8.16. The van der Waals surface area contributed by atoms with E-state index in [1.807, 2.05) is 55.3 Å². The minimum absolute atomic E-state index is 0.137. The molecule has 2 atom stereocenters. The first-order valence-corrected chi connectivity index (χ1v) is 12.3. The van der Waals surface area contributed by atoms with Gasteiger partial charge in [-0.25, -0.2) is 9.79 Å². The summed E-state index contributed by atoms with van der Waals surface area (Å²) in [5.74, 6) is -0.217. The molecule has 0 saturated carbocycles. The molecule has 0 aliphatic carbocycles. The van der Waals surface area contributed by atoms with E-state index in [-0.39, 0.29) is 24.0 Å². The molecule has 1 fully saturated rings. The van der Waals surface area contributed by atoms with Gasteiger partial charge >= 0.3 is 5.97 Å². The monoisotopic (exact) mass is 453 g/mol. The van der Waals surface area contributed by atoms with Gasteiger partial charge in [-0.3, -0.25) is 4.79 Å². The molecule has 0 spiro atoms. The number of piperidine rings is 1. The number of carbonyl (C=O) groups is 2. The average Bonchev–Trinajstić information content (AvgIpc) is 3.15. The van der Waals surface area contributed by atoms with Crippen LogP contribution < -0.4 is 0 Å². The summed E-state index contributed by atoms with van der Waals surface area (Å²) in [4.78, 5) is 35.1. The standard InChI is InChI=1S/C25H31N3O3S/c1-5-31-24(30)22-18(4)26-25-28(23(22)20-12-7-6-10-16(20)2)19(15-32-25)14-21(29)27-13-9-8-11-17(27)3/h6-7,10,12,15,17,23H,5,8-9,11,13-14H2,1-4H3. The van der Waals surface area contributed by atoms with Gasteiger partial charge < -0.3 is 14.5 Å². The number of rotatable bonds is 5. The van der Waals surface area contributed by atoms with Crippen molar-refractivity contribution in [1.29, 1.82) is 0 Å². The van der Waals surface area contributed by atoms with Crippen molar-refractivity contribution in [2.45, 2.75) is 65.5 Å². The Balaban J connectivity index is 1.71. The lowest BCUT2D eigenvalue weighted by atomic mass is 9.91. The molecule has 170 valence electrons. The lowest BCUT2D eigenvalue weighted by Gasteiger charge is -2.38. The minimum atomic E-state index is -0.365. The van der Waals surface area contributed by atoms with Crippen LogP contribution in [0.25, 0.3) is 0 Å². The fourth-order valence-electron chi connectivity index (χ4n) is 4.75. The highest BCUT2D eigenvalue weighted by Gasteiger charge is 2.42. The number of esters is 1. The van der Waals surface area contributed by atoms with Gasteiger partial charge in [-0.1, -0.05) is 36.0 Å². The van der Waals surface area contributed by atoms with Crippen LogP contribution in [0.5, 0.6) is 0 Å². The summed E-state index contributed by atoms with van der Waals surface area (Å²) in [5.41, 5.74) is 4.20. The molecule has 7 heteroatoms. The second-order valence-electron chi connectivity index (χ2n) is 8.58. The van der Waals surface area contributed by atoms with Gasteiger partial charge in [0.2, 0.25) is 5.91 Å². The summed E-state index contributed by atoms with van der Waals surface area (Å²) < 4.78 is 5.42. The number of amides is 1. The van der Waals surface area contributed by atoms with Gasteiger partial charge in [0.15, 0.2) is 5.17 Å². The molecule has 1 amide bonds. The number of hydrogen-bond donors (Lipinski definition) is 0. The van der Waals surface area contributed by atoms with Gasteiger partial charge in [0.05, 0.1) is 30.3 Å². The number of carbonyl (C=O) groups excluding carboxylic acids is 2. The van der Waals surface area contributed by atoms with Crippen molar-refractivity contribution >= 4 is 28.8 Å². The molecule has 3 heterocycles. The molecule has 1 aromatic carbocycles. The third kappa shape index (κ3) is 4.22. The maximum absolute atomic E-state index is 13.2. The van der Waals surface area contributed by atoms with Gasteiger partial charge in [0.25, 0.3) is 0 Å². The Hall–Kier alpha value is -2.54. The zero-order chi connectivity index (χ0) is 22.8. The summed E-state index contributed by atoms with van der Waals surface area (Å²) in [6.45, 7) is 8.96. The minimum Gasteiger partial charge on any atom is -0.463 e. The van der Waals surface area contributed by atoms with Crippen molar-refractivity contribution < 1.29 is 14.3 Å². The number of thioether (sulfide) groups is 1. The lowest BCUT2D eigenvalue weighted by Crippen LogP contribution is -2.43. The first-order chi connectivity index (χ1) is 15.4. The lowest BCUT2D eigenvalue weighted by molar-refractivity contribution is -0.139. The Morgan fingerprint density at radius 1 is 1.22 bits per heavy atom. The molecule has 0 bridgehead atoms. The van der Waals surface area contributed by atoms with Crippen molar-refractivity contribution in [2.24, 2.45) is 4.99 Å². The second-order valence-corrected chi connectivity index (χ2v) is 9.42. The van der Waals surface area contributed by atoms with Crippen LogP contribution in [-0.2, 0) is 14.3 Å². The highest BCUT2D eigenvalue weighted by Crippen LogP contribution is 2.45. The van der Waals surface area contributed by atoms with E-state index < -0.39 is 0 Å². The normalized spacial score (nSPS) is 23.0. The van der Waals surface area contributed by atoms with E-state index in [2.05, 4.69) is 11.8 Å². The number of hydrogen-bond acceptors (Lipinski definition) is 6. The number of likely N-dealkylation sites (tertiary alicyclic amines) is 1. The summed E-state index contributed by atoms with van der Waals surface area (Å²) in [6.07, 6.45) is 3.58. The van der Waals surface area contributed by atoms with Crippen molar-refractivity contribution in [1.82, 2.24) is 9.80 Å². The van der Waals surface area contributed by atoms with Gasteiger partial charge in [0.1, 0.15) is 0 Å². The molecule has 1 saturated heterocycles. The SMILES string of the molecule is CCOC(=O)C1=C(C)N=C2SC=C(CC(=O)N3CCCCC3C)N2C1c1ccccc1C. The van der Waals surface area contributed by atoms with Crippen LogP contribution in [0.15, 0.2) is 51.6 Å². The van der Waals surface area contributed by atoms with Crippen LogP contribution in [0, 0.1) is 6.92 Å². The van der Waals surface area contributed by atoms with E-state index in [1.54, 1.807) is 0 Å². The zero-order valence-electron chi connectivity index (χ0n) is 19.3. The molecule has 3 aliphatic heterocycles. The van der Waals surface area contributed by atoms with E-state index in [4.69, 9.17) is 9.73 Å². The number of allylic oxidation sites excluding steroid dienone is 1. The fraction of sp³-hybridized carbons (Fsp3) is 0.480. The number of benzene rings is 1. The number of ether oxygens (including phenoxy) is 1. The predicted octanol–water partition coefficient (Wildman–Crippen LogP) is 4.92. The third-order valence-electron chi connectivity index (χ3n) is 6.43. The summed E-state index contributed by atoms with van der Waals surface area (Å²) in [5, 5.41) is 2.82. The molecule has 3 aliphatic rings. The van der Waals surface area contributed by atoms with E-state index in [0.717, 1.165) is 41.4 Å². The fourth-order valence-corrected chi connectivity index (χ4v) is 5.72. The first kappa shape index (κ1) is 22.6. The maximum Gasteiger partial charge on any atom is 0.338 e. The van der Waals surface area contributed by atoms with Crippen LogP contribution >= 0.6 is 11.8 Å². The molecular formula is C25H31N3O3S. The number of fused-ring (bicyclic) bond motifs is 1. The molecular weight excluding hydrogens is 422 g/mol. The number of nitrogens with zero attached hydrogens (tertiary/aromatic N) is 3. The largest absolute Gasteiger partial charge is 0.463 e. The summed E-state index contributed by atoms with van der Waals surface area (Å²) in [7, 11) is 0. The van der Waals surface area contributed by atoms with Crippen molar-refractivity contribution in [2.75, 3.05) is 13.2 Å². The average molecular weight is 454 g/mol. The Morgan fingerprint density at radius 3 is 2.72 bits per heavy atom. The quantitative estimate of drug-likeness (QED) is 0.592. The summed E-state index contributed by atoms with van der Waals surface area (Å²) in [6, 6.07) is 7.98. The van der Waals surface area contributed by atoms with Crippen molar-refractivity contribution in [3.63, 3.8) is 0 Å². The number of aryl methyl sites for hydroxylation is 1. The van der Waals surface area contributed by atoms with Crippen molar-refractivity contribution in [3.8, 4) is 0 Å². The van der Waals surface area contributed by atoms with Crippen LogP contribution in [0.2, 0.25) is 0 Å². The van der Waals surface area contributed by atoms with Gasteiger partial charge in [-0.15, -0.1) is 0 Å². The Kier molecular flexibility index (Phi) is 6.74. The van der Waals surface area contributed by atoms with Crippen LogP contribution in [-0.4, -0.2) is 46.0 Å². The Labute approximate surface area is 194 Å². The van der Waals surface area contributed by atoms with Gasteiger partial charge in [-0.05, 0) is 63.5 Å². The third-order valence-corrected chi connectivity index (χ3v) is 7.32. The molecule has 0 radical (unpaired) electrons. The molecule has 32 heavy (non-hydrogen) atoms. The van der Waals surface area contributed by atoms with Crippen LogP contribution in [0.1, 0.15) is 63.6 Å². The van der Waals surface area contributed by atoms with Crippen LogP contribution in [0.4, 0.5) is 0 Å². The smallest absolute Gasteiger partial charge is 0.338 e. The predicted molar refractivity (Wildman–Crippen MR) is 128 cm³/mol. The van der Waals surface area contributed by atoms with Gasteiger partial charge in [0, 0.05) is 18.3 Å². The Morgan fingerprint density at radius 2 is 2.00 bits per heavy atom. The molecule has 1 aromatic rings. The molecule has 4 rings (SSSR count). The van der Waals surface area contributed by atoms with Gasteiger partial charge in [-0.2, -0.15) is 0 Å². The molecule has 0 aromatic heterocycles. The van der Waals surface area contributed by atoms with E-state index in [1.165, 1.54) is 18.2 Å². The van der Waals surface area contributed by atoms with E-state index in [9.17, 15) is 9.59 Å². The van der Waals surface area contributed by atoms with Crippen molar-refractivity contribution in [3.05, 3.63) is 57.8 Å². The summed E-state index contributed by atoms with van der Waals surface area (Å²) >= 11 is 1.52. The highest BCUT2D eigenvalue weighted by atomic mass is 32.2. The first-order valence-electron chi connectivity index (χ1n) is 11.4. The molecule has 6 nitrogen and oxygen atoms in total. The topological polar surface area (TPSA) is 62.2 Å². The Bertz CT molecular complexity index is 1010. The van der Waals surface area contributed by atoms with E-state index >= 15 is 0 Å².